The summed E-state index contributed by atoms with van der Waals surface area (Å²) in [6.45, 7) is 0. The van der Waals surface area contributed by atoms with Crippen LogP contribution in [0.5, 0.6) is 0 Å². The number of rotatable bonds is 4. The van der Waals surface area contributed by atoms with Crippen LogP contribution in [0.15, 0.2) is 58.3 Å². The Bertz CT molecular complexity index is 865. The summed E-state index contributed by atoms with van der Waals surface area (Å²) in [6, 6.07) is 11.2. The van der Waals surface area contributed by atoms with E-state index in [2.05, 4.69) is 4.72 Å². The fourth-order valence-electron chi connectivity index (χ4n) is 1.56. The minimum absolute atomic E-state index is 0.0629. The van der Waals surface area contributed by atoms with E-state index in [9.17, 15) is 16.8 Å². The van der Waals surface area contributed by atoms with E-state index in [1.54, 1.807) is 18.2 Å². The summed E-state index contributed by atoms with van der Waals surface area (Å²) < 4.78 is 48.9. The van der Waals surface area contributed by atoms with Gasteiger partial charge in [-0.15, -0.1) is 0 Å². The van der Waals surface area contributed by atoms with Gasteiger partial charge in [-0.2, -0.15) is 0 Å². The van der Waals surface area contributed by atoms with Crippen LogP contribution in [0.1, 0.15) is 0 Å². The van der Waals surface area contributed by atoms with Crippen LogP contribution in [-0.4, -0.2) is 16.8 Å². The molecule has 0 aliphatic heterocycles. The van der Waals surface area contributed by atoms with Gasteiger partial charge in [-0.1, -0.05) is 29.8 Å². The Labute approximate surface area is 127 Å². The molecule has 6 nitrogen and oxygen atoms in total. The van der Waals surface area contributed by atoms with E-state index < -0.39 is 20.0 Å². The molecule has 0 saturated heterocycles. The van der Waals surface area contributed by atoms with Gasteiger partial charge in [-0.05, 0) is 30.3 Å². The van der Waals surface area contributed by atoms with Crippen LogP contribution in [-0.2, 0) is 20.0 Å². The van der Waals surface area contributed by atoms with Crippen molar-refractivity contribution in [1.29, 1.82) is 0 Å². The first kappa shape index (κ1) is 15.8. The van der Waals surface area contributed by atoms with E-state index in [1.165, 1.54) is 24.3 Å². The summed E-state index contributed by atoms with van der Waals surface area (Å²) in [5, 5.41) is 4.90. The van der Waals surface area contributed by atoms with Crippen molar-refractivity contribution in [3.8, 4) is 0 Å². The lowest BCUT2D eigenvalue weighted by molar-refractivity contribution is 0.597. The molecule has 21 heavy (non-hydrogen) atoms. The van der Waals surface area contributed by atoms with Crippen molar-refractivity contribution in [1.82, 2.24) is 0 Å². The third-order valence-corrected chi connectivity index (χ3v) is 5.17. The third-order valence-electron chi connectivity index (χ3n) is 2.57. The number of hydrogen-bond donors (Lipinski definition) is 2. The maximum atomic E-state index is 12.1. The quantitative estimate of drug-likeness (QED) is 0.880. The Hall–Kier alpha value is -1.61. The number of sulfonamides is 2. The smallest absolute Gasteiger partial charge is 0.261 e. The lowest BCUT2D eigenvalue weighted by Crippen LogP contribution is -2.14. The second kappa shape index (κ2) is 5.64. The minimum Gasteiger partial charge on any atom is -0.278 e. The van der Waals surface area contributed by atoms with Crippen molar-refractivity contribution >= 4 is 37.3 Å². The van der Waals surface area contributed by atoms with Gasteiger partial charge >= 0.3 is 0 Å². The molecule has 0 amide bonds. The van der Waals surface area contributed by atoms with Gasteiger partial charge in [0.15, 0.2) is 0 Å². The molecule has 0 bridgehead atoms. The van der Waals surface area contributed by atoms with Crippen molar-refractivity contribution in [3.63, 3.8) is 0 Å². The summed E-state index contributed by atoms with van der Waals surface area (Å²) in [7, 11) is -7.70. The fraction of sp³-hybridized carbons (Fsp3) is 0. The molecule has 0 atom stereocenters. The van der Waals surface area contributed by atoms with E-state index in [1.807, 2.05) is 0 Å². The molecular formula is C12H11ClN2O4S2. The molecule has 2 aromatic rings. The normalized spacial score (nSPS) is 12.1. The highest BCUT2D eigenvalue weighted by atomic mass is 35.5. The lowest BCUT2D eigenvalue weighted by Gasteiger charge is -2.10. The van der Waals surface area contributed by atoms with E-state index in [-0.39, 0.29) is 20.5 Å². The van der Waals surface area contributed by atoms with Crippen LogP contribution in [0, 0.1) is 0 Å². The third kappa shape index (κ3) is 3.73. The van der Waals surface area contributed by atoms with Crippen LogP contribution in [0.4, 0.5) is 5.69 Å². The van der Waals surface area contributed by atoms with Crippen molar-refractivity contribution in [2.24, 2.45) is 5.14 Å². The van der Waals surface area contributed by atoms with E-state index in [0.717, 1.165) is 6.07 Å². The maximum absolute atomic E-state index is 12.1. The summed E-state index contributed by atoms with van der Waals surface area (Å²) >= 11 is 5.88. The predicted octanol–water partition coefficient (Wildman–Crippen LogP) is 1.79. The molecule has 0 aliphatic rings. The van der Waals surface area contributed by atoms with Crippen LogP contribution in [0.25, 0.3) is 0 Å². The van der Waals surface area contributed by atoms with Gasteiger partial charge in [0.1, 0.15) is 0 Å². The zero-order chi connectivity index (χ0) is 15.7. The SMILES string of the molecule is NS(=O)(=O)c1ccc(NS(=O)(=O)c2ccccc2)c(Cl)c1. The summed E-state index contributed by atoms with van der Waals surface area (Å²) in [4.78, 5) is -0.133. The zero-order valence-corrected chi connectivity index (χ0v) is 12.9. The van der Waals surface area contributed by atoms with Gasteiger partial charge in [-0.25, -0.2) is 22.0 Å². The number of benzene rings is 2. The van der Waals surface area contributed by atoms with Gasteiger partial charge in [0, 0.05) is 0 Å². The lowest BCUT2D eigenvalue weighted by atomic mass is 10.3. The zero-order valence-electron chi connectivity index (χ0n) is 10.5. The Morgan fingerprint density at radius 3 is 2.05 bits per heavy atom. The predicted molar refractivity (Wildman–Crippen MR) is 80.1 cm³/mol. The highest BCUT2D eigenvalue weighted by Crippen LogP contribution is 2.27. The molecule has 2 aromatic carbocycles. The van der Waals surface area contributed by atoms with Crippen molar-refractivity contribution in [2.75, 3.05) is 4.72 Å². The molecule has 0 fully saturated rings. The van der Waals surface area contributed by atoms with Crippen molar-refractivity contribution < 1.29 is 16.8 Å². The minimum atomic E-state index is -3.90. The molecule has 0 radical (unpaired) electrons. The number of nitrogens with one attached hydrogen (secondary N) is 1. The highest BCUT2D eigenvalue weighted by Gasteiger charge is 2.17. The number of anilines is 1. The maximum Gasteiger partial charge on any atom is 0.261 e. The summed E-state index contributed by atoms with van der Waals surface area (Å²) in [5.41, 5.74) is 0.0629. The molecule has 3 N–H and O–H groups in total. The molecule has 0 aliphatic carbocycles. The molecular weight excluding hydrogens is 336 g/mol. The molecule has 2 rings (SSSR count). The van der Waals surface area contributed by atoms with Crippen LogP contribution >= 0.6 is 11.6 Å². The monoisotopic (exact) mass is 346 g/mol. The van der Waals surface area contributed by atoms with Gasteiger partial charge in [0.2, 0.25) is 10.0 Å². The first-order chi connectivity index (χ1) is 9.70. The summed E-state index contributed by atoms with van der Waals surface area (Å²) in [6.07, 6.45) is 0. The Morgan fingerprint density at radius 1 is 0.905 bits per heavy atom. The first-order valence-corrected chi connectivity index (χ1v) is 9.01. The molecule has 0 unspecified atom stereocenters. The molecule has 0 aromatic heterocycles. The highest BCUT2D eigenvalue weighted by molar-refractivity contribution is 7.92. The topological polar surface area (TPSA) is 106 Å². The van der Waals surface area contributed by atoms with Crippen LogP contribution in [0.3, 0.4) is 0 Å². The Kier molecular flexibility index (Phi) is 4.24. The Balaban J connectivity index is 2.37. The number of halogens is 1. The van der Waals surface area contributed by atoms with Crippen molar-refractivity contribution in [3.05, 3.63) is 53.6 Å². The van der Waals surface area contributed by atoms with E-state index >= 15 is 0 Å². The van der Waals surface area contributed by atoms with Crippen LogP contribution < -0.4 is 9.86 Å². The standard InChI is InChI=1S/C12H11ClN2O4S2/c13-11-8-10(20(14,16)17)6-7-12(11)15-21(18,19)9-4-2-1-3-5-9/h1-8,15H,(H2,14,16,17). The molecule has 0 heterocycles. The van der Waals surface area contributed by atoms with Gasteiger partial charge < -0.3 is 0 Å². The van der Waals surface area contributed by atoms with Crippen molar-refractivity contribution in [2.45, 2.75) is 9.79 Å². The molecule has 112 valence electrons. The average Bonchev–Trinajstić information content (AvgIpc) is 2.41. The summed E-state index contributed by atoms with van der Waals surface area (Å²) in [5.74, 6) is 0. The van der Waals surface area contributed by atoms with E-state index in [4.69, 9.17) is 16.7 Å². The number of primary sulfonamides is 1. The van der Waals surface area contributed by atoms with Gasteiger partial charge in [-0.3, -0.25) is 4.72 Å². The largest absolute Gasteiger partial charge is 0.278 e. The first-order valence-electron chi connectivity index (χ1n) is 5.60. The number of hydrogen-bond acceptors (Lipinski definition) is 4. The molecule has 0 saturated carbocycles. The molecule has 9 heteroatoms. The second-order valence-corrected chi connectivity index (χ2v) is 7.76. The Morgan fingerprint density at radius 2 is 1.52 bits per heavy atom. The van der Waals surface area contributed by atoms with E-state index in [0.29, 0.717) is 0 Å². The van der Waals surface area contributed by atoms with Gasteiger partial charge in [0.05, 0.1) is 20.5 Å². The fourth-order valence-corrected chi connectivity index (χ4v) is 3.55. The number of nitrogens with two attached hydrogens (primary N) is 1. The van der Waals surface area contributed by atoms with Crippen LogP contribution in [0.2, 0.25) is 5.02 Å². The average molecular weight is 347 g/mol. The van der Waals surface area contributed by atoms with Gasteiger partial charge in [0.25, 0.3) is 10.0 Å². The second-order valence-electron chi connectivity index (χ2n) is 4.11. The molecule has 0 spiro atoms.